The molecule has 84 valence electrons. The molecule has 0 saturated heterocycles. The molecule has 3 atom stereocenters. The van der Waals surface area contributed by atoms with Gasteiger partial charge in [-0.1, -0.05) is 42.8 Å². The summed E-state index contributed by atoms with van der Waals surface area (Å²) in [6.45, 7) is 3.79. The quantitative estimate of drug-likeness (QED) is 0.750. The fourth-order valence-electron chi connectivity index (χ4n) is 3.94. The van der Waals surface area contributed by atoms with E-state index in [4.69, 9.17) is 0 Å². The zero-order chi connectivity index (χ0) is 11.2. The third-order valence-electron chi connectivity index (χ3n) is 4.69. The van der Waals surface area contributed by atoms with Crippen molar-refractivity contribution >= 4 is 0 Å². The highest BCUT2D eigenvalue weighted by Crippen LogP contribution is 2.63. The van der Waals surface area contributed by atoms with Crippen molar-refractivity contribution in [1.29, 1.82) is 0 Å². The van der Waals surface area contributed by atoms with Gasteiger partial charge in [-0.3, -0.25) is 0 Å². The van der Waals surface area contributed by atoms with Gasteiger partial charge in [-0.25, -0.2) is 0 Å². The molecule has 2 fully saturated rings. The molecule has 16 heavy (non-hydrogen) atoms. The molecule has 0 amide bonds. The second-order valence-electron chi connectivity index (χ2n) is 5.34. The molecule has 0 aliphatic heterocycles. The number of aliphatic hydroxyl groups is 1. The van der Waals surface area contributed by atoms with E-state index < -0.39 is 5.60 Å². The Kier molecular flexibility index (Phi) is 2.02. The predicted octanol–water partition coefficient (Wildman–Crippen LogP) is 3.05. The van der Waals surface area contributed by atoms with Crippen LogP contribution in [0.5, 0.6) is 0 Å². The minimum absolute atomic E-state index is 0.240. The molecule has 0 bridgehead atoms. The fourth-order valence-corrected chi connectivity index (χ4v) is 3.94. The summed E-state index contributed by atoms with van der Waals surface area (Å²) >= 11 is 0. The zero-order valence-electron chi connectivity index (χ0n) is 9.52. The van der Waals surface area contributed by atoms with Crippen molar-refractivity contribution in [2.45, 2.75) is 36.7 Å². The molecule has 1 aromatic carbocycles. The first kappa shape index (κ1) is 10.1. The smallest absolute Gasteiger partial charge is 0.0870 e. The van der Waals surface area contributed by atoms with Gasteiger partial charge in [0, 0.05) is 11.3 Å². The third-order valence-corrected chi connectivity index (χ3v) is 4.69. The Morgan fingerprint density at radius 1 is 1.31 bits per heavy atom. The predicted molar refractivity (Wildman–Crippen MR) is 65.2 cm³/mol. The van der Waals surface area contributed by atoms with Gasteiger partial charge in [0.1, 0.15) is 0 Å². The van der Waals surface area contributed by atoms with E-state index in [9.17, 15) is 5.11 Å². The molecular weight excluding hydrogens is 196 g/mol. The first-order valence-electron chi connectivity index (χ1n) is 6.13. The lowest BCUT2D eigenvalue weighted by atomic mass is 9.50. The van der Waals surface area contributed by atoms with Crippen molar-refractivity contribution in [1.82, 2.24) is 0 Å². The summed E-state index contributed by atoms with van der Waals surface area (Å²) in [5, 5.41) is 10.4. The van der Waals surface area contributed by atoms with E-state index in [1.165, 1.54) is 18.4 Å². The Balaban J connectivity index is 1.99. The Labute approximate surface area is 96.8 Å². The van der Waals surface area contributed by atoms with E-state index in [0.29, 0.717) is 5.92 Å². The van der Waals surface area contributed by atoms with Gasteiger partial charge in [-0.05, 0) is 24.8 Å². The maximum absolute atomic E-state index is 10.4. The van der Waals surface area contributed by atoms with Crippen molar-refractivity contribution in [3.8, 4) is 0 Å². The molecule has 1 heteroatoms. The molecule has 2 saturated carbocycles. The number of fused-ring (bicyclic) bond motifs is 1. The molecule has 2 aliphatic carbocycles. The van der Waals surface area contributed by atoms with Crippen LogP contribution in [-0.4, -0.2) is 10.7 Å². The summed E-state index contributed by atoms with van der Waals surface area (Å²) in [7, 11) is 0. The largest absolute Gasteiger partial charge is 0.385 e. The molecule has 3 rings (SSSR count). The van der Waals surface area contributed by atoms with Gasteiger partial charge >= 0.3 is 0 Å². The van der Waals surface area contributed by atoms with Crippen LogP contribution in [0.1, 0.15) is 31.2 Å². The van der Waals surface area contributed by atoms with E-state index in [2.05, 4.69) is 36.9 Å². The molecule has 3 unspecified atom stereocenters. The average molecular weight is 214 g/mol. The highest BCUT2D eigenvalue weighted by atomic mass is 16.3. The van der Waals surface area contributed by atoms with E-state index in [1.54, 1.807) is 6.08 Å². The topological polar surface area (TPSA) is 20.2 Å². The van der Waals surface area contributed by atoms with Crippen LogP contribution >= 0.6 is 0 Å². The lowest BCUT2D eigenvalue weighted by Crippen LogP contribution is -2.60. The van der Waals surface area contributed by atoms with E-state index in [0.717, 1.165) is 12.8 Å². The van der Waals surface area contributed by atoms with Gasteiger partial charge in [-0.15, -0.1) is 6.58 Å². The standard InChI is InChI=1S/C15H18O/c1-2-15(16)11-14(10-6-9-13(14)15)12-7-4-3-5-8-12/h2-5,7-8,13,16H,1,6,9-11H2. The molecule has 2 aliphatic rings. The number of hydrogen-bond donors (Lipinski definition) is 1. The van der Waals surface area contributed by atoms with Crippen LogP contribution in [0.25, 0.3) is 0 Å². The van der Waals surface area contributed by atoms with Crippen LogP contribution in [0.15, 0.2) is 43.0 Å². The van der Waals surface area contributed by atoms with Crippen molar-refractivity contribution in [2.24, 2.45) is 5.92 Å². The second-order valence-corrected chi connectivity index (χ2v) is 5.34. The highest BCUT2D eigenvalue weighted by Gasteiger charge is 2.63. The summed E-state index contributed by atoms with van der Waals surface area (Å²) in [4.78, 5) is 0. The lowest BCUT2D eigenvalue weighted by molar-refractivity contribution is -0.105. The van der Waals surface area contributed by atoms with Crippen LogP contribution in [0.2, 0.25) is 0 Å². The summed E-state index contributed by atoms with van der Waals surface area (Å²) in [6.07, 6.45) is 6.20. The maximum Gasteiger partial charge on any atom is 0.0870 e. The summed E-state index contributed by atoms with van der Waals surface area (Å²) in [6, 6.07) is 10.7. The first-order chi connectivity index (χ1) is 7.71. The zero-order valence-corrected chi connectivity index (χ0v) is 9.52. The van der Waals surface area contributed by atoms with Gasteiger partial charge in [0.25, 0.3) is 0 Å². The van der Waals surface area contributed by atoms with Gasteiger partial charge < -0.3 is 5.11 Å². The van der Waals surface area contributed by atoms with Crippen molar-refractivity contribution in [3.05, 3.63) is 48.6 Å². The monoisotopic (exact) mass is 214 g/mol. The molecule has 0 spiro atoms. The fraction of sp³-hybridized carbons (Fsp3) is 0.467. The van der Waals surface area contributed by atoms with E-state index >= 15 is 0 Å². The Morgan fingerprint density at radius 3 is 2.75 bits per heavy atom. The van der Waals surface area contributed by atoms with Gasteiger partial charge in [0.15, 0.2) is 0 Å². The Hall–Kier alpha value is -1.08. The summed E-state index contributed by atoms with van der Waals surface area (Å²) in [5.41, 5.74) is 1.04. The Bertz CT molecular complexity index is 411. The van der Waals surface area contributed by atoms with Crippen LogP contribution in [-0.2, 0) is 5.41 Å². The highest BCUT2D eigenvalue weighted by molar-refractivity contribution is 5.37. The van der Waals surface area contributed by atoms with E-state index in [-0.39, 0.29) is 5.41 Å². The lowest BCUT2D eigenvalue weighted by Gasteiger charge is -2.56. The molecule has 1 aromatic rings. The van der Waals surface area contributed by atoms with Gasteiger partial charge in [0.2, 0.25) is 0 Å². The molecule has 0 radical (unpaired) electrons. The third kappa shape index (κ3) is 1.10. The first-order valence-corrected chi connectivity index (χ1v) is 6.13. The second kappa shape index (κ2) is 3.21. The normalized spacial score (nSPS) is 41.2. The van der Waals surface area contributed by atoms with Gasteiger partial charge in [-0.2, -0.15) is 0 Å². The number of rotatable bonds is 2. The van der Waals surface area contributed by atoms with Crippen molar-refractivity contribution < 1.29 is 5.11 Å². The van der Waals surface area contributed by atoms with Crippen molar-refractivity contribution in [2.75, 3.05) is 0 Å². The molecule has 1 nitrogen and oxygen atoms in total. The minimum Gasteiger partial charge on any atom is -0.385 e. The molecule has 0 heterocycles. The number of benzene rings is 1. The average Bonchev–Trinajstić information content (AvgIpc) is 2.69. The van der Waals surface area contributed by atoms with E-state index in [1.807, 2.05) is 0 Å². The van der Waals surface area contributed by atoms with Crippen molar-refractivity contribution in [3.63, 3.8) is 0 Å². The molecule has 0 aromatic heterocycles. The van der Waals surface area contributed by atoms with Crippen LogP contribution in [0.3, 0.4) is 0 Å². The molecule has 1 N–H and O–H groups in total. The van der Waals surface area contributed by atoms with Crippen LogP contribution in [0, 0.1) is 5.92 Å². The number of hydrogen-bond acceptors (Lipinski definition) is 1. The SMILES string of the molecule is C=CC1(O)CC2(c3ccccc3)CCCC12. The van der Waals surface area contributed by atoms with Crippen LogP contribution in [0.4, 0.5) is 0 Å². The maximum atomic E-state index is 10.4. The molecular formula is C15H18O. The van der Waals surface area contributed by atoms with Crippen LogP contribution < -0.4 is 0 Å². The summed E-state index contributed by atoms with van der Waals surface area (Å²) < 4.78 is 0. The minimum atomic E-state index is -0.605. The summed E-state index contributed by atoms with van der Waals surface area (Å²) in [5.74, 6) is 0.389. The Morgan fingerprint density at radius 2 is 2.06 bits per heavy atom. The van der Waals surface area contributed by atoms with Gasteiger partial charge in [0.05, 0.1) is 5.60 Å².